The minimum Gasteiger partial charge on any atom is -0.396 e. The monoisotopic (exact) mass is 265 g/mol. The Kier molecular flexibility index (Phi) is 3.88. The second kappa shape index (κ2) is 5.41. The van der Waals surface area contributed by atoms with E-state index < -0.39 is 0 Å². The Hall–Kier alpha value is -1.53. The number of aryl methyl sites for hydroxylation is 1. The van der Waals surface area contributed by atoms with Crippen LogP contribution in [-0.4, -0.2) is 21.7 Å². The molecule has 0 aliphatic heterocycles. The fourth-order valence-electron chi connectivity index (χ4n) is 1.75. The number of nitrogen functional groups attached to an aromatic ring is 1. The molecule has 0 spiro atoms. The van der Waals surface area contributed by atoms with Crippen molar-refractivity contribution in [3.63, 3.8) is 0 Å². The number of rotatable bonds is 4. The van der Waals surface area contributed by atoms with E-state index in [1.54, 1.807) is 17.5 Å². The number of anilines is 1. The number of nitrogens with zero attached hydrogens (tertiary/aromatic N) is 3. The molecule has 2 aromatic heterocycles. The molecule has 0 unspecified atom stereocenters. The van der Waals surface area contributed by atoms with E-state index in [4.69, 9.17) is 10.8 Å². The van der Waals surface area contributed by atoms with Gasteiger partial charge in [0, 0.05) is 26.1 Å². The lowest BCUT2D eigenvalue weighted by Gasteiger charge is -2.01. The maximum atomic E-state index is 8.97. The van der Waals surface area contributed by atoms with Crippen molar-refractivity contribution in [3.05, 3.63) is 33.7 Å². The van der Waals surface area contributed by atoms with Crippen LogP contribution in [0.4, 0.5) is 5.82 Å². The van der Waals surface area contributed by atoms with Crippen LogP contribution in [-0.2, 0) is 13.0 Å². The molecule has 0 saturated heterocycles. The Morgan fingerprint density at radius 1 is 1.44 bits per heavy atom. The predicted molar refractivity (Wildman–Crippen MR) is 70.3 cm³/mol. The minimum absolute atomic E-state index is 0.174. The SMILES string of the molecule is Cc1cnc(C[n+]2csc(CCO)c2C)c(N)n1. The first kappa shape index (κ1) is 12.9. The summed E-state index contributed by atoms with van der Waals surface area (Å²) in [5, 5.41) is 8.97. The fourth-order valence-corrected chi connectivity index (χ4v) is 2.74. The van der Waals surface area contributed by atoms with Crippen molar-refractivity contribution in [2.24, 2.45) is 0 Å². The van der Waals surface area contributed by atoms with Crippen molar-refractivity contribution >= 4 is 17.2 Å². The van der Waals surface area contributed by atoms with Gasteiger partial charge >= 0.3 is 0 Å². The molecule has 0 atom stereocenters. The Morgan fingerprint density at radius 3 is 2.89 bits per heavy atom. The molecule has 0 bridgehead atoms. The summed E-state index contributed by atoms with van der Waals surface area (Å²) in [5.74, 6) is 0.483. The molecule has 2 aromatic rings. The minimum atomic E-state index is 0.174. The van der Waals surface area contributed by atoms with E-state index in [9.17, 15) is 0 Å². The molecule has 18 heavy (non-hydrogen) atoms. The lowest BCUT2D eigenvalue weighted by molar-refractivity contribution is -0.690. The molecule has 0 aliphatic rings. The normalized spacial score (nSPS) is 10.8. The van der Waals surface area contributed by atoms with E-state index in [1.165, 1.54) is 4.88 Å². The summed E-state index contributed by atoms with van der Waals surface area (Å²) in [5.41, 5.74) is 10.6. The van der Waals surface area contributed by atoms with Crippen LogP contribution in [0.5, 0.6) is 0 Å². The highest BCUT2D eigenvalue weighted by Crippen LogP contribution is 2.13. The Bertz CT molecular complexity index is 553. The van der Waals surface area contributed by atoms with Gasteiger partial charge in [0.25, 0.3) is 0 Å². The summed E-state index contributed by atoms with van der Waals surface area (Å²) >= 11 is 1.64. The first-order valence-electron chi connectivity index (χ1n) is 5.77. The van der Waals surface area contributed by atoms with E-state index in [2.05, 4.69) is 14.5 Å². The zero-order valence-corrected chi connectivity index (χ0v) is 11.4. The van der Waals surface area contributed by atoms with Crippen LogP contribution in [0.1, 0.15) is 22.0 Å². The lowest BCUT2D eigenvalue weighted by Crippen LogP contribution is -2.36. The number of hydrogen-bond donors (Lipinski definition) is 2. The second-order valence-corrected chi connectivity index (χ2v) is 5.12. The summed E-state index contributed by atoms with van der Waals surface area (Å²) in [7, 11) is 0. The third kappa shape index (κ3) is 2.65. The first-order chi connectivity index (χ1) is 8.61. The number of hydrogen-bond acceptors (Lipinski definition) is 5. The average Bonchev–Trinajstić information content (AvgIpc) is 2.66. The Balaban J connectivity index is 2.23. The highest BCUT2D eigenvalue weighted by Gasteiger charge is 2.17. The van der Waals surface area contributed by atoms with E-state index in [-0.39, 0.29) is 6.61 Å². The smallest absolute Gasteiger partial charge is 0.225 e. The quantitative estimate of drug-likeness (QED) is 0.794. The first-order valence-corrected chi connectivity index (χ1v) is 6.65. The van der Waals surface area contributed by atoms with Gasteiger partial charge in [-0.25, -0.2) is 9.97 Å². The standard InChI is InChI=1S/C12H17N4OS/c1-8-5-14-10(12(13)15-8)6-16-7-18-11(3-4-17)9(16)2/h5,7,17H,3-4,6H2,1-2H3,(H2,13,15)/q+1. The van der Waals surface area contributed by atoms with Gasteiger partial charge in [0.15, 0.2) is 18.1 Å². The van der Waals surface area contributed by atoms with E-state index in [0.717, 1.165) is 17.1 Å². The molecule has 0 aromatic carbocycles. The van der Waals surface area contributed by atoms with Crippen LogP contribution in [0.25, 0.3) is 0 Å². The zero-order chi connectivity index (χ0) is 13.1. The fraction of sp³-hybridized carbons (Fsp3) is 0.417. The van der Waals surface area contributed by atoms with Gasteiger partial charge in [-0.2, -0.15) is 4.57 Å². The van der Waals surface area contributed by atoms with Gasteiger partial charge in [0.2, 0.25) is 5.51 Å². The van der Waals surface area contributed by atoms with Gasteiger partial charge in [-0.3, -0.25) is 0 Å². The predicted octanol–water partition coefficient (Wildman–Crippen LogP) is 0.608. The van der Waals surface area contributed by atoms with Crippen LogP contribution in [0.2, 0.25) is 0 Å². The molecular formula is C12H17N4OS+. The number of thiazole rings is 1. The van der Waals surface area contributed by atoms with Crippen molar-refractivity contribution in [3.8, 4) is 0 Å². The van der Waals surface area contributed by atoms with Crippen LogP contribution in [0.3, 0.4) is 0 Å². The molecule has 2 heterocycles. The highest BCUT2D eigenvalue weighted by molar-refractivity contribution is 7.09. The van der Waals surface area contributed by atoms with Crippen LogP contribution in [0, 0.1) is 13.8 Å². The summed E-state index contributed by atoms with van der Waals surface area (Å²) in [6.45, 7) is 4.70. The van der Waals surface area contributed by atoms with Crippen LogP contribution in [0.15, 0.2) is 11.7 Å². The maximum absolute atomic E-state index is 8.97. The number of nitrogens with two attached hydrogens (primary N) is 1. The van der Waals surface area contributed by atoms with E-state index in [1.807, 2.05) is 19.4 Å². The van der Waals surface area contributed by atoms with Crippen molar-refractivity contribution in [2.75, 3.05) is 12.3 Å². The van der Waals surface area contributed by atoms with Gasteiger partial charge in [0.1, 0.15) is 5.69 Å². The second-order valence-electron chi connectivity index (χ2n) is 4.18. The van der Waals surface area contributed by atoms with Gasteiger partial charge < -0.3 is 10.8 Å². The van der Waals surface area contributed by atoms with Gasteiger partial charge in [-0.05, 0) is 6.92 Å². The summed E-state index contributed by atoms with van der Waals surface area (Å²) in [6.07, 6.45) is 2.42. The van der Waals surface area contributed by atoms with Crippen molar-refractivity contribution in [1.82, 2.24) is 9.97 Å². The molecule has 6 heteroatoms. The van der Waals surface area contributed by atoms with E-state index in [0.29, 0.717) is 18.8 Å². The van der Waals surface area contributed by atoms with Crippen LogP contribution < -0.4 is 10.3 Å². The summed E-state index contributed by atoms with van der Waals surface area (Å²) in [4.78, 5) is 9.72. The maximum Gasteiger partial charge on any atom is 0.225 e. The van der Waals surface area contributed by atoms with E-state index >= 15 is 0 Å². The molecule has 5 nitrogen and oxygen atoms in total. The zero-order valence-electron chi connectivity index (χ0n) is 10.6. The molecule has 0 amide bonds. The van der Waals surface area contributed by atoms with Crippen molar-refractivity contribution in [1.29, 1.82) is 0 Å². The summed E-state index contributed by atoms with van der Waals surface area (Å²) in [6, 6.07) is 0. The topological polar surface area (TPSA) is 75.9 Å². The Morgan fingerprint density at radius 2 is 2.22 bits per heavy atom. The molecule has 0 radical (unpaired) electrons. The molecule has 96 valence electrons. The molecule has 0 fully saturated rings. The van der Waals surface area contributed by atoms with Gasteiger partial charge in [-0.15, -0.1) is 0 Å². The summed E-state index contributed by atoms with van der Waals surface area (Å²) < 4.78 is 2.09. The van der Waals surface area contributed by atoms with Crippen molar-refractivity contribution < 1.29 is 9.67 Å². The molecule has 0 aliphatic carbocycles. The molecule has 3 N–H and O–H groups in total. The highest BCUT2D eigenvalue weighted by atomic mass is 32.1. The molecule has 0 saturated carbocycles. The number of aromatic nitrogens is 3. The van der Waals surface area contributed by atoms with Gasteiger partial charge in [-0.1, -0.05) is 11.3 Å². The number of aliphatic hydroxyl groups is 1. The molecular weight excluding hydrogens is 248 g/mol. The third-order valence-electron chi connectivity index (χ3n) is 2.82. The molecule has 2 rings (SSSR count). The van der Waals surface area contributed by atoms with Gasteiger partial charge in [0.05, 0.1) is 10.6 Å². The third-order valence-corrected chi connectivity index (χ3v) is 3.96. The lowest BCUT2D eigenvalue weighted by atomic mass is 10.3. The largest absolute Gasteiger partial charge is 0.396 e. The number of aliphatic hydroxyl groups excluding tert-OH is 1. The van der Waals surface area contributed by atoms with Crippen LogP contribution >= 0.6 is 11.3 Å². The average molecular weight is 265 g/mol. The Labute approximate surface area is 110 Å². The van der Waals surface area contributed by atoms with Crippen molar-refractivity contribution in [2.45, 2.75) is 26.8 Å².